The Bertz CT molecular complexity index is 434. The van der Waals surface area contributed by atoms with Crippen LogP contribution in [-0.2, 0) is 0 Å². The molecule has 0 bridgehead atoms. The Morgan fingerprint density at radius 3 is 2.61 bits per heavy atom. The number of halogens is 3. The van der Waals surface area contributed by atoms with Crippen molar-refractivity contribution in [2.45, 2.75) is 12.6 Å². The number of anilines is 1. The summed E-state index contributed by atoms with van der Waals surface area (Å²) >= 11 is 0. The molecule has 100 valence electrons. The zero-order chi connectivity index (χ0) is 13.8. The van der Waals surface area contributed by atoms with E-state index in [1.54, 1.807) is 0 Å². The van der Waals surface area contributed by atoms with Crippen molar-refractivity contribution in [2.75, 3.05) is 18.5 Å². The summed E-state index contributed by atoms with van der Waals surface area (Å²) in [7, 11) is 1.42. The van der Waals surface area contributed by atoms with Crippen molar-refractivity contribution < 1.29 is 18.4 Å². The Balaban J connectivity index is 2.89. The van der Waals surface area contributed by atoms with Gasteiger partial charge in [-0.05, 0) is 0 Å². The minimum absolute atomic E-state index is 0.0321. The molecule has 0 amide bonds. The summed E-state index contributed by atoms with van der Waals surface area (Å²) in [4.78, 5) is 8.93. The van der Waals surface area contributed by atoms with Crippen molar-refractivity contribution in [3.8, 4) is 0 Å². The zero-order valence-corrected chi connectivity index (χ0v) is 9.52. The lowest BCUT2D eigenvalue weighted by atomic mass is 10.3. The maximum Gasteiger partial charge on any atom is 0.390 e. The van der Waals surface area contributed by atoms with Gasteiger partial charge in [-0.2, -0.15) is 13.2 Å². The molecule has 9 heteroatoms. The fourth-order valence-corrected chi connectivity index (χ4v) is 1.24. The quantitative estimate of drug-likeness (QED) is 0.365. The molecule has 0 aromatic carbocycles. The number of hydrogen-bond donors (Lipinski definition) is 2. The van der Waals surface area contributed by atoms with Crippen LogP contribution in [0.4, 0.5) is 19.0 Å². The van der Waals surface area contributed by atoms with Gasteiger partial charge in [0, 0.05) is 26.0 Å². The summed E-state index contributed by atoms with van der Waals surface area (Å²) in [5, 5.41) is 11.3. The molecule has 0 fully saturated rings. The van der Waals surface area contributed by atoms with E-state index in [4.69, 9.17) is 10.9 Å². The smallest absolute Gasteiger partial charge is 0.390 e. The fourth-order valence-electron chi connectivity index (χ4n) is 1.24. The van der Waals surface area contributed by atoms with Gasteiger partial charge in [0.15, 0.2) is 17.3 Å². The van der Waals surface area contributed by atoms with Crippen molar-refractivity contribution in [1.82, 2.24) is 9.97 Å². The van der Waals surface area contributed by atoms with E-state index in [0.717, 1.165) is 0 Å². The molecule has 0 aliphatic heterocycles. The number of rotatable bonds is 4. The van der Waals surface area contributed by atoms with Crippen molar-refractivity contribution in [2.24, 2.45) is 10.9 Å². The predicted molar refractivity (Wildman–Crippen MR) is 58.5 cm³/mol. The molecule has 0 aliphatic carbocycles. The van der Waals surface area contributed by atoms with Crippen LogP contribution in [0.15, 0.2) is 17.5 Å². The Morgan fingerprint density at radius 1 is 1.44 bits per heavy atom. The van der Waals surface area contributed by atoms with Crippen molar-refractivity contribution in [3.05, 3.63) is 18.1 Å². The average Bonchev–Trinajstić information content (AvgIpc) is 2.34. The summed E-state index contributed by atoms with van der Waals surface area (Å²) in [6.45, 7) is -0.298. The van der Waals surface area contributed by atoms with E-state index in [1.807, 2.05) is 0 Å². The van der Waals surface area contributed by atoms with Crippen molar-refractivity contribution >= 4 is 11.7 Å². The van der Waals surface area contributed by atoms with Crippen LogP contribution in [-0.4, -0.2) is 40.8 Å². The first-order chi connectivity index (χ1) is 8.35. The van der Waals surface area contributed by atoms with Gasteiger partial charge >= 0.3 is 6.18 Å². The monoisotopic (exact) mass is 263 g/mol. The maximum atomic E-state index is 12.1. The maximum absolute atomic E-state index is 12.1. The number of nitrogens with zero attached hydrogens (tertiary/aromatic N) is 4. The molecule has 1 aromatic rings. The highest BCUT2D eigenvalue weighted by atomic mass is 19.4. The second kappa shape index (κ2) is 5.52. The Kier molecular flexibility index (Phi) is 4.29. The summed E-state index contributed by atoms with van der Waals surface area (Å²) in [6.07, 6.45) is -2.63. The molecule has 0 atom stereocenters. The molecule has 6 nitrogen and oxygen atoms in total. The summed E-state index contributed by atoms with van der Waals surface area (Å²) in [6, 6.07) is 0. The summed E-state index contributed by atoms with van der Waals surface area (Å²) < 4.78 is 36.3. The lowest BCUT2D eigenvalue weighted by Crippen LogP contribution is -2.28. The SMILES string of the molecule is CN(CCC(F)(F)F)c1nccnc1C(N)=NO. The molecule has 1 aromatic heterocycles. The Labute approximate surface area is 101 Å². The molecule has 0 saturated carbocycles. The topological polar surface area (TPSA) is 87.6 Å². The number of oxime groups is 1. The first-order valence-electron chi connectivity index (χ1n) is 4.92. The average molecular weight is 263 g/mol. The molecule has 18 heavy (non-hydrogen) atoms. The van der Waals surface area contributed by atoms with Gasteiger partial charge in [-0.3, -0.25) is 0 Å². The van der Waals surface area contributed by atoms with Gasteiger partial charge < -0.3 is 15.8 Å². The first kappa shape index (κ1) is 14.0. The summed E-state index contributed by atoms with van der Waals surface area (Å²) in [5.74, 6) is -0.186. The third kappa shape index (κ3) is 3.75. The van der Waals surface area contributed by atoms with Gasteiger partial charge in [-0.1, -0.05) is 5.16 Å². The second-order valence-electron chi connectivity index (χ2n) is 3.50. The highest BCUT2D eigenvalue weighted by molar-refractivity contribution is 5.99. The number of aromatic nitrogens is 2. The van der Waals surface area contributed by atoms with Gasteiger partial charge in [0.2, 0.25) is 0 Å². The number of nitrogens with two attached hydrogens (primary N) is 1. The fraction of sp³-hybridized carbons (Fsp3) is 0.444. The lowest BCUT2D eigenvalue weighted by Gasteiger charge is -2.20. The molecular weight excluding hydrogens is 251 g/mol. The number of amidine groups is 1. The highest BCUT2D eigenvalue weighted by Crippen LogP contribution is 2.21. The molecule has 0 saturated heterocycles. The van der Waals surface area contributed by atoms with Crippen molar-refractivity contribution in [3.63, 3.8) is 0 Å². The van der Waals surface area contributed by atoms with Gasteiger partial charge in [-0.15, -0.1) is 0 Å². The highest BCUT2D eigenvalue weighted by Gasteiger charge is 2.28. The molecule has 0 spiro atoms. The molecule has 0 radical (unpaired) electrons. The number of hydrogen-bond acceptors (Lipinski definition) is 5. The van der Waals surface area contributed by atoms with Crippen molar-refractivity contribution in [1.29, 1.82) is 0 Å². The van der Waals surface area contributed by atoms with E-state index in [1.165, 1.54) is 24.3 Å². The van der Waals surface area contributed by atoms with E-state index in [2.05, 4.69) is 15.1 Å². The Hall–Kier alpha value is -2.06. The van der Waals surface area contributed by atoms with Crippen LogP contribution in [0.1, 0.15) is 12.1 Å². The van der Waals surface area contributed by atoms with Crippen LogP contribution >= 0.6 is 0 Å². The predicted octanol–water partition coefficient (Wildman–Crippen LogP) is 0.960. The first-order valence-corrected chi connectivity index (χ1v) is 4.92. The minimum Gasteiger partial charge on any atom is -0.409 e. The van der Waals surface area contributed by atoms with Crippen LogP contribution in [0.25, 0.3) is 0 Å². The lowest BCUT2D eigenvalue weighted by molar-refractivity contribution is -0.132. The third-order valence-corrected chi connectivity index (χ3v) is 2.12. The van der Waals surface area contributed by atoms with Crippen LogP contribution < -0.4 is 10.6 Å². The van der Waals surface area contributed by atoms with E-state index < -0.39 is 12.6 Å². The van der Waals surface area contributed by atoms with Gasteiger partial charge in [0.1, 0.15) is 0 Å². The summed E-state index contributed by atoms with van der Waals surface area (Å²) in [5.41, 5.74) is 5.40. The minimum atomic E-state index is -4.26. The van der Waals surface area contributed by atoms with E-state index >= 15 is 0 Å². The number of alkyl halides is 3. The van der Waals surface area contributed by atoms with Gasteiger partial charge in [0.05, 0.1) is 6.42 Å². The molecule has 3 N–H and O–H groups in total. The van der Waals surface area contributed by atoms with Gasteiger partial charge in [0.25, 0.3) is 0 Å². The van der Waals surface area contributed by atoms with Gasteiger partial charge in [-0.25, -0.2) is 9.97 Å². The van der Waals surface area contributed by atoms with E-state index in [9.17, 15) is 13.2 Å². The molecular formula is C9H12F3N5O. The molecule has 0 unspecified atom stereocenters. The second-order valence-corrected chi connectivity index (χ2v) is 3.50. The van der Waals surface area contributed by atoms with Crippen LogP contribution in [0.5, 0.6) is 0 Å². The molecule has 1 heterocycles. The zero-order valence-electron chi connectivity index (χ0n) is 9.52. The van der Waals surface area contributed by atoms with Crippen LogP contribution in [0, 0.1) is 0 Å². The molecule has 1 rings (SSSR count). The third-order valence-electron chi connectivity index (χ3n) is 2.12. The Morgan fingerprint density at radius 2 is 2.06 bits per heavy atom. The van der Waals surface area contributed by atoms with E-state index in [0.29, 0.717) is 0 Å². The van der Waals surface area contributed by atoms with Crippen LogP contribution in [0.2, 0.25) is 0 Å². The largest absolute Gasteiger partial charge is 0.409 e. The van der Waals surface area contributed by atoms with E-state index in [-0.39, 0.29) is 23.9 Å². The standard InChI is InChI=1S/C9H12F3N5O/c1-17(5-2-9(10,11)12)8-6(7(13)16-18)14-3-4-15-8/h3-4,18H,2,5H2,1H3,(H2,13,16). The molecule has 0 aliphatic rings. The normalized spacial score (nSPS) is 12.6. The van der Waals surface area contributed by atoms with Crippen LogP contribution in [0.3, 0.4) is 0 Å².